The molecule has 1 amide bonds. The maximum Gasteiger partial charge on any atom is 0.238 e. The van der Waals surface area contributed by atoms with Gasteiger partial charge in [0.2, 0.25) is 5.91 Å². The Labute approximate surface area is 118 Å². The molecule has 2 rings (SSSR count). The van der Waals surface area contributed by atoms with Crippen molar-refractivity contribution in [3.63, 3.8) is 0 Å². The number of hydrogen-bond acceptors (Lipinski definition) is 3. The van der Waals surface area contributed by atoms with Crippen molar-refractivity contribution in [3.05, 3.63) is 29.3 Å². The summed E-state index contributed by atoms with van der Waals surface area (Å²) in [5.41, 5.74) is 0.702. The fourth-order valence-corrected chi connectivity index (χ4v) is 2.17. The molecule has 0 aliphatic heterocycles. The fourth-order valence-electron chi connectivity index (χ4n) is 1.98. The summed E-state index contributed by atoms with van der Waals surface area (Å²) in [6.45, 7) is 0.989. The molecular formula is C14H16ClN3O. The van der Waals surface area contributed by atoms with Gasteiger partial charge in [0.1, 0.15) is 0 Å². The number of halogens is 1. The maximum atomic E-state index is 12.0. The largest absolute Gasteiger partial charge is 0.325 e. The molecule has 1 N–H and O–H groups in total. The summed E-state index contributed by atoms with van der Waals surface area (Å²) in [7, 11) is 0. The number of amides is 1. The first-order chi connectivity index (χ1) is 9.19. The van der Waals surface area contributed by atoms with Gasteiger partial charge in [0.15, 0.2) is 0 Å². The van der Waals surface area contributed by atoms with Crippen molar-refractivity contribution in [2.45, 2.75) is 25.3 Å². The molecule has 5 heteroatoms. The normalized spacial score (nSPS) is 14.2. The zero-order valence-electron chi connectivity index (χ0n) is 10.6. The Kier molecular flexibility index (Phi) is 4.78. The molecule has 0 unspecified atom stereocenters. The number of rotatable bonds is 6. The van der Waals surface area contributed by atoms with E-state index in [1.807, 2.05) is 0 Å². The minimum atomic E-state index is -0.0629. The van der Waals surface area contributed by atoms with E-state index in [1.165, 1.54) is 0 Å². The number of nitrogens with zero attached hydrogens (tertiary/aromatic N) is 2. The Morgan fingerprint density at radius 1 is 1.53 bits per heavy atom. The van der Waals surface area contributed by atoms with E-state index in [2.05, 4.69) is 16.3 Å². The van der Waals surface area contributed by atoms with Gasteiger partial charge in [-0.2, -0.15) is 5.26 Å². The monoisotopic (exact) mass is 277 g/mol. The Balaban J connectivity index is 1.87. The number of carbonyl (C=O) groups is 1. The SMILES string of the molecule is N#CCCN(CC(=O)Nc1cccc(Cl)c1)C1CC1. The third kappa shape index (κ3) is 4.55. The molecule has 0 spiro atoms. The third-order valence-electron chi connectivity index (χ3n) is 3.03. The van der Waals surface area contributed by atoms with Crippen molar-refractivity contribution in [1.29, 1.82) is 5.26 Å². The lowest BCUT2D eigenvalue weighted by Crippen LogP contribution is -2.35. The third-order valence-corrected chi connectivity index (χ3v) is 3.26. The van der Waals surface area contributed by atoms with Gasteiger partial charge in [-0.15, -0.1) is 0 Å². The summed E-state index contributed by atoms with van der Waals surface area (Å²) in [5.74, 6) is -0.0629. The average Bonchev–Trinajstić information content (AvgIpc) is 3.18. The fraction of sp³-hybridized carbons (Fsp3) is 0.429. The summed E-state index contributed by atoms with van der Waals surface area (Å²) >= 11 is 5.87. The smallest absolute Gasteiger partial charge is 0.238 e. The molecule has 1 aromatic carbocycles. The standard InChI is InChI=1S/C14H16ClN3O/c15-11-3-1-4-12(9-11)17-14(19)10-18(8-2-7-16)13-5-6-13/h1,3-4,9,13H,2,5-6,8,10H2,(H,17,19). The highest BCUT2D eigenvalue weighted by Gasteiger charge is 2.29. The van der Waals surface area contributed by atoms with Crippen molar-refractivity contribution in [1.82, 2.24) is 4.90 Å². The first kappa shape index (κ1) is 13.9. The lowest BCUT2D eigenvalue weighted by Gasteiger charge is -2.19. The molecule has 0 heterocycles. The predicted octanol–water partition coefficient (Wildman–Crippen LogP) is 2.66. The molecular weight excluding hydrogens is 262 g/mol. The molecule has 0 radical (unpaired) electrons. The quantitative estimate of drug-likeness (QED) is 0.870. The van der Waals surface area contributed by atoms with Crippen molar-refractivity contribution in [2.75, 3.05) is 18.4 Å². The minimum absolute atomic E-state index is 0.0629. The minimum Gasteiger partial charge on any atom is -0.325 e. The van der Waals surface area contributed by atoms with Crippen LogP contribution in [0.1, 0.15) is 19.3 Å². The van der Waals surface area contributed by atoms with Gasteiger partial charge in [0, 0.05) is 29.7 Å². The van der Waals surface area contributed by atoms with E-state index >= 15 is 0 Å². The Hall–Kier alpha value is -1.57. The first-order valence-electron chi connectivity index (χ1n) is 6.35. The maximum absolute atomic E-state index is 12.0. The molecule has 0 aromatic heterocycles. The van der Waals surface area contributed by atoms with Gasteiger partial charge in [0.25, 0.3) is 0 Å². The molecule has 100 valence electrons. The van der Waals surface area contributed by atoms with Crippen LogP contribution in [0, 0.1) is 11.3 Å². The molecule has 0 atom stereocenters. The van der Waals surface area contributed by atoms with Crippen LogP contribution in [0.15, 0.2) is 24.3 Å². The van der Waals surface area contributed by atoms with Crippen LogP contribution in [-0.2, 0) is 4.79 Å². The lowest BCUT2D eigenvalue weighted by atomic mass is 10.3. The summed E-state index contributed by atoms with van der Waals surface area (Å²) < 4.78 is 0. The number of nitrogens with one attached hydrogen (secondary N) is 1. The molecule has 1 aromatic rings. The summed E-state index contributed by atoms with van der Waals surface area (Å²) in [6.07, 6.45) is 2.70. The van der Waals surface area contributed by atoms with E-state index in [0.29, 0.717) is 36.3 Å². The molecule has 0 bridgehead atoms. The number of nitriles is 1. The Morgan fingerprint density at radius 2 is 2.32 bits per heavy atom. The van der Waals surface area contributed by atoms with Gasteiger partial charge in [0.05, 0.1) is 12.6 Å². The highest BCUT2D eigenvalue weighted by Crippen LogP contribution is 2.26. The summed E-state index contributed by atoms with van der Waals surface area (Å²) in [4.78, 5) is 14.0. The highest BCUT2D eigenvalue weighted by molar-refractivity contribution is 6.30. The molecule has 4 nitrogen and oxygen atoms in total. The Bertz CT molecular complexity index is 494. The zero-order valence-corrected chi connectivity index (χ0v) is 11.4. The predicted molar refractivity (Wildman–Crippen MR) is 74.9 cm³/mol. The van der Waals surface area contributed by atoms with Gasteiger partial charge < -0.3 is 5.32 Å². The number of hydrogen-bond donors (Lipinski definition) is 1. The summed E-state index contributed by atoms with van der Waals surface area (Å²) in [5, 5.41) is 12.0. The van der Waals surface area contributed by atoms with E-state index in [-0.39, 0.29) is 5.91 Å². The zero-order chi connectivity index (χ0) is 13.7. The number of carbonyl (C=O) groups excluding carboxylic acids is 1. The van der Waals surface area contributed by atoms with Crippen LogP contribution >= 0.6 is 11.6 Å². The van der Waals surface area contributed by atoms with Crippen LogP contribution in [0.2, 0.25) is 5.02 Å². The highest BCUT2D eigenvalue weighted by atomic mass is 35.5. The second kappa shape index (κ2) is 6.55. The number of anilines is 1. The van der Waals surface area contributed by atoms with E-state index in [0.717, 1.165) is 12.8 Å². The van der Waals surface area contributed by atoms with Crippen molar-refractivity contribution < 1.29 is 4.79 Å². The average molecular weight is 278 g/mol. The Morgan fingerprint density at radius 3 is 2.95 bits per heavy atom. The second-order valence-electron chi connectivity index (χ2n) is 4.67. The van der Waals surface area contributed by atoms with Crippen LogP contribution in [0.3, 0.4) is 0 Å². The van der Waals surface area contributed by atoms with Crippen molar-refractivity contribution in [3.8, 4) is 6.07 Å². The van der Waals surface area contributed by atoms with Gasteiger partial charge in [-0.3, -0.25) is 9.69 Å². The van der Waals surface area contributed by atoms with E-state index in [1.54, 1.807) is 24.3 Å². The van der Waals surface area contributed by atoms with Crippen LogP contribution in [0.25, 0.3) is 0 Å². The topological polar surface area (TPSA) is 56.1 Å². The van der Waals surface area contributed by atoms with Crippen LogP contribution in [0.4, 0.5) is 5.69 Å². The molecule has 19 heavy (non-hydrogen) atoms. The van der Waals surface area contributed by atoms with Gasteiger partial charge >= 0.3 is 0 Å². The molecule has 0 saturated heterocycles. The second-order valence-corrected chi connectivity index (χ2v) is 5.10. The molecule has 1 saturated carbocycles. The van der Waals surface area contributed by atoms with Gasteiger partial charge in [-0.05, 0) is 31.0 Å². The van der Waals surface area contributed by atoms with E-state index in [4.69, 9.17) is 16.9 Å². The van der Waals surface area contributed by atoms with Crippen LogP contribution < -0.4 is 5.32 Å². The summed E-state index contributed by atoms with van der Waals surface area (Å²) in [6, 6.07) is 9.68. The first-order valence-corrected chi connectivity index (χ1v) is 6.73. The van der Waals surface area contributed by atoms with Crippen molar-refractivity contribution in [2.24, 2.45) is 0 Å². The lowest BCUT2D eigenvalue weighted by molar-refractivity contribution is -0.117. The van der Waals surface area contributed by atoms with E-state index < -0.39 is 0 Å². The number of benzene rings is 1. The van der Waals surface area contributed by atoms with Crippen LogP contribution in [0.5, 0.6) is 0 Å². The molecule has 1 aliphatic carbocycles. The van der Waals surface area contributed by atoms with Crippen molar-refractivity contribution >= 4 is 23.2 Å². The van der Waals surface area contributed by atoms with Crippen LogP contribution in [-0.4, -0.2) is 29.9 Å². The van der Waals surface area contributed by atoms with E-state index in [9.17, 15) is 4.79 Å². The van der Waals surface area contributed by atoms with Gasteiger partial charge in [-0.25, -0.2) is 0 Å². The molecule has 1 aliphatic rings. The molecule has 1 fully saturated rings. The van der Waals surface area contributed by atoms with Gasteiger partial charge in [-0.1, -0.05) is 17.7 Å².